The van der Waals surface area contributed by atoms with Crippen molar-refractivity contribution in [1.29, 1.82) is 0 Å². The zero-order valence-corrected chi connectivity index (χ0v) is 11.2. The Morgan fingerprint density at radius 2 is 1.86 bits per heavy atom. The summed E-state index contributed by atoms with van der Waals surface area (Å²) in [6.07, 6.45) is 9.76. The number of hydrogen-bond acceptors (Lipinski definition) is 4. The van der Waals surface area contributed by atoms with Crippen LogP contribution in [-0.4, -0.2) is 16.8 Å². The van der Waals surface area contributed by atoms with Gasteiger partial charge in [0.1, 0.15) is 0 Å². The molecular formula is C10H14S4. The van der Waals surface area contributed by atoms with E-state index in [1.54, 1.807) is 10.8 Å². The average molecular weight is 262 g/mol. The Labute approximate surface area is 102 Å². The van der Waals surface area contributed by atoms with E-state index < -0.39 is 0 Å². The molecule has 0 amide bonds. The molecule has 0 radical (unpaired) electrons. The van der Waals surface area contributed by atoms with Gasteiger partial charge < -0.3 is 0 Å². The SMILES string of the molecule is C1=CCSSC1.C=CC1CC=CSS1. The number of hydrogen-bond donors (Lipinski definition) is 0. The van der Waals surface area contributed by atoms with Crippen LogP contribution in [0.3, 0.4) is 0 Å². The van der Waals surface area contributed by atoms with Gasteiger partial charge in [0.15, 0.2) is 0 Å². The largest absolute Gasteiger partial charge is 0.102 e. The molecule has 2 aliphatic heterocycles. The minimum Gasteiger partial charge on any atom is -0.102 e. The van der Waals surface area contributed by atoms with Crippen molar-refractivity contribution in [2.45, 2.75) is 11.7 Å². The van der Waals surface area contributed by atoms with Gasteiger partial charge in [-0.2, -0.15) is 0 Å². The van der Waals surface area contributed by atoms with Crippen molar-refractivity contribution < 1.29 is 0 Å². The molecule has 0 aliphatic carbocycles. The fraction of sp³-hybridized carbons (Fsp3) is 0.400. The van der Waals surface area contributed by atoms with Crippen molar-refractivity contribution in [3.05, 3.63) is 36.3 Å². The molecule has 0 aromatic heterocycles. The van der Waals surface area contributed by atoms with Crippen molar-refractivity contribution in [3.8, 4) is 0 Å². The molecule has 1 atom stereocenters. The second kappa shape index (κ2) is 8.89. The first-order valence-corrected chi connectivity index (χ1v) is 9.19. The lowest BCUT2D eigenvalue weighted by Gasteiger charge is -2.09. The summed E-state index contributed by atoms with van der Waals surface area (Å²) in [5, 5.41) is 2.77. The molecule has 14 heavy (non-hydrogen) atoms. The highest BCUT2D eigenvalue weighted by Gasteiger charge is 2.04. The van der Waals surface area contributed by atoms with Crippen LogP contribution in [0.25, 0.3) is 0 Å². The van der Waals surface area contributed by atoms with Crippen LogP contribution in [0.15, 0.2) is 36.3 Å². The molecule has 0 nitrogen and oxygen atoms in total. The Bertz CT molecular complexity index is 202. The van der Waals surface area contributed by atoms with Crippen molar-refractivity contribution in [1.82, 2.24) is 0 Å². The molecule has 0 saturated carbocycles. The van der Waals surface area contributed by atoms with Gasteiger partial charge in [0, 0.05) is 16.8 Å². The predicted octanol–water partition coefficient (Wildman–Crippen LogP) is 4.78. The summed E-state index contributed by atoms with van der Waals surface area (Å²) < 4.78 is 0. The van der Waals surface area contributed by atoms with Crippen molar-refractivity contribution in [2.75, 3.05) is 11.5 Å². The quantitative estimate of drug-likeness (QED) is 0.492. The van der Waals surface area contributed by atoms with E-state index in [4.69, 9.17) is 0 Å². The molecule has 0 aromatic rings. The van der Waals surface area contributed by atoms with Crippen molar-refractivity contribution >= 4 is 43.2 Å². The molecule has 2 rings (SSSR count). The van der Waals surface area contributed by atoms with Crippen molar-refractivity contribution in [3.63, 3.8) is 0 Å². The highest BCUT2D eigenvalue weighted by atomic mass is 33.1. The second-order valence-electron chi connectivity index (χ2n) is 2.61. The van der Waals surface area contributed by atoms with E-state index in [2.05, 4.69) is 30.2 Å². The molecule has 4 heteroatoms. The van der Waals surface area contributed by atoms with Crippen LogP contribution in [0.2, 0.25) is 0 Å². The Hall–Kier alpha value is 0.620. The molecule has 2 heterocycles. The summed E-state index contributed by atoms with van der Waals surface area (Å²) in [4.78, 5) is 0. The van der Waals surface area contributed by atoms with Crippen LogP contribution in [0.5, 0.6) is 0 Å². The highest BCUT2D eigenvalue weighted by Crippen LogP contribution is 2.34. The zero-order valence-electron chi connectivity index (χ0n) is 7.93. The third-order valence-corrected chi connectivity index (χ3v) is 6.14. The Morgan fingerprint density at radius 3 is 2.14 bits per heavy atom. The van der Waals surface area contributed by atoms with Gasteiger partial charge in [0.25, 0.3) is 0 Å². The molecular weight excluding hydrogens is 248 g/mol. The summed E-state index contributed by atoms with van der Waals surface area (Å²) in [5.74, 6) is 2.40. The van der Waals surface area contributed by atoms with E-state index >= 15 is 0 Å². The third kappa shape index (κ3) is 6.17. The van der Waals surface area contributed by atoms with Gasteiger partial charge in [0.05, 0.1) is 0 Å². The topological polar surface area (TPSA) is 0 Å². The molecule has 0 saturated heterocycles. The fourth-order valence-corrected chi connectivity index (χ4v) is 4.48. The Morgan fingerprint density at radius 1 is 1.14 bits per heavy atom. The molecule has 1 unspecified atom stereocenters. The van der Waals surface area contributed by atoms with Crippen LogP contribution < -0.4 is 0 Å². The third-order valence-electron chi connectivity index (χ3n) is 1.54. The van der Waals surface area contributed by atoms with Gasteiger partial charge in [-0.1, -0.05) is 67.5 Å². The molecule has 0 fully saturated rings. The first-order chi connectivity index (χ1) is 6.93. The van der Waals surface area contributed by atoms with Gasteiger partial charge in [-0.15, -0.1) is 6.58 Å². The van der Waals surface area contributed by atoms with E-state index in [0.717, 1.165) is 6.42 Å². The smallest absolute Gasteiger partial charge is 0.0366 e. The summed E-state index contributed by atoms with van der Waals surface area (Å²) in [6.45, 7) is 3.72. The minimum absolute atomic E-state index is 0.644. The van der Waals surface area contributed by atoms with E-state index in [1.807, 2.05) is 38.5 Å². The fourth-order valence-electron chi connectivity index (χ4n) is 0.818. The predicted molar refractivity (Wildman–Crippen MR) is 77.0 cm³/mol. The molecule has 0 aromatic carbocycles. The molecule has 2 aliphatic rings. The number of allylic oxidation sites excluding steroid dienone is 1. The lowest BCUT2D eigenvalue weighted by molar-refractivity contribution is 1.08. The first kappa shape index (κ1) is 12.7. The summed E-state index contributed by atoms with van der Waals surface area (Å²) in [7, 11) is 7.52. The van der Waals surface area contributed by atoms with Crippen LogP contribution >= 0.6 is 43.2 Å². The van der Waals surface area contributed by atoms with Gasteiger partial charge in [-0.05, 0) is 11.8 Å². The van der Waals surface area contributed by atoms with Gasteiger partial charge in [-0.3, -0.25) is 0 Å². The van der Waals surface area contributed by atoms with E-state index in [1.165, 1.54) is 11.5 Å². The van der Waals surface area contributed by atoms with E-state index in [-0.39, 0.29) is 0 Å². The van der Waals surface area contributed by atoms with Gasteiger partial charge in [-0.25, -0.2) is 0 Å². The van der Waals surface area contributed by atoms with Crippen molar-refractivity contribution in [2.24, 2.45) is 0 Å². The Balaban J connectivity index is 0.000000146. The Kier molecular flexibility index (Phi) is 8.06. The molecule has 0 spiro atoms. The first-order valence-electron chi connectivity index (χ1n) is 4.42. The van der Waals surface area contributed by atoms with E-state index in [0.29, 0.717) is 5.25 Å². The minimum atomic E-state index is 0.644. The van der Waals surface area contributed by atoms with Crippen LogP contribution in [0, 0.1) is 0 Å². The lowest BCUT2D eigenvalue weighted by Crippen LogP contribution is -1.94. The maximum absolute atomic E-state index is 3.72. The second-order valence-corrected chi connectivity index (χ2v) is 7.58. The highest BCUT2D eigenvalue weighted by molar-refractivity contribution is 8.78. The van der Waals surface area contributed by atoms with E-state index in [9.17, 15) is 0 Å². The zero-order chi connectivity index (χ0) is 10.1. The summed E-state index contributed by atoms with van der Waals surface area (Å²) in [5.41, 5.74) is 0. The monoisotopic (exact) mass is 262 g/mol. The summed E-state index contributed by atoms with van der Waals surface area (Å²) in [6, 6.07) is 0. The average Bonchev–Trinajstić information content (AvgIpc) is 2.33. The lowest BCUT2D eigenvalue weighted by atomic mass is 10.3. The standard InChI is InChI=1S/C6H8S2.C4H6S2/c1-2-6-4-3-5-7-8-6;1-2-4-6-5-3-1/h2-3,5-6H,1,4H2;1-2H,3-4H2. The van der Waals surface area contributed by atoms with Gasteiger partial charge in [0.2, 0.25) is 0 Å². The van der Waals surface area contributed by atoms with Crippen LogP contribution in [0.1, 0.15) is 6.42 Å². The van der Waals surface area contributed by atoms with Crippen LogP contribution in [-0.2, 0) is 0 Å². The molecule has 0 bridgehead atoms. The maximum atomic E-state index is 3.72. The normalized spacial score (nSPS) is 25.0. The molecule has 78 valence electrons. The summed E-state index contributed by atoms with van der Waals surface area (Å²) >= 11 is 0. The number of rotatable bonds is 1. The molecule has 0 N–H and O–H groups in total. The van der Waals surface area contributed by atoms with Gasteiger partial charge >= 0.3 is 0 Å². The van der Waals surface area contributed by atoms with Crippen LogP contribution in [0.4, 0.5) is 0 Å². The maximum Gasteiger partial charge on any atom is 0.0366 e.